The molecule has 1 unspecified atom stereocenters. The number of rotatable bonds is 49. The van der Waals surface area contributed by atoms with Gasteiger partial charge in [-0.05, 0) is 31.1 Å². The third-order valence-electron chi connectivity index (χ3n) is 12.8. The van der Waals surface area contributed by atoms with Crippen LogP contribution in [-0.2, 0) is 28.6 Å². The van der Waals surface area contributed by atoms with Gasteiger partial charge < -0.3 is 14.2 Å². The fourth-order valence-corrected chi connectivity index (χ4v) is 8.31. The van der Waals surface area contributed by atoms with Crippen molar-refractivity contribution in [3.63, 3.8) is 0 Å². The maximum Gasteiger partial charge on any atom is 0.306 e. The molecule has 0 N–H and O–H groups in total. The molecule has 0 aliphatic heterocycles. The molecule has 362 valence electrons. The van der Waals surface area contributed by atoms with Crippen LogP contribution >= 0.6 is 0 Å². The Morgan fingerprint density at radius 1 is 0.344 bits per heavy atom. The summed E-state index contributed by atoms with van der Waals surface area (Å²) in [6, 6.07) is 0. The molecule has 0 heterocycles. The minimum atomic E-state index is -0.761. The van der Waals surface area contributed by atoms with Crippen molar-refractivity contribution >= 4 is 17.9 Å². The van der Waals surface area contributed by atoms with Gasteiger partial charge in [-0.15, -0.1) is 0 Å². The Kier molecular flexibility index (Phi) is 46.6. The zero-order valence-electron chi connectivity index (χ0n) is 41.8. The summed E-state index contributed by atoms with van der Waals surface area (Å²) in [5.41, 5.74) is 0. The highest BCUT2D eigenvalue weighted by Gasteiger charge is 2.19. The molecule has 0 aromatic carbocycles. The second-order valence-corrected chi connectivity index (χ2v) is 19.6. The van der Waals surface area contributed by atoms with E-state index in [4.69, 9.17) is 14.2 Å². The van der Waals surface area contributed by atoms with Crippen molar-refractivity contribution in [3.05, 3.63) is 0 Å². The summed E-state index contributed by atoms with van der Waals surface area (Å²) in [7, 11) is 0. The van der Waals surface area contributed by atoms with E-state index in [1.54, 1.807) is 0 Å². The van der Waals surface area contributed by atoms with Gasteiger partial charge in [0.15, 0.2) is 6.10 Å². The largest absolute Gasteiger partial charge is 0.462 e. The quantitative estimate of drug-likeness (QED) is 0.0344. The molecule has 0 amide bonds. The molecule has 0 fully saturated rings. The first kappa shape index (κ1) is 59.4. The average molecular weight is 863 g/mol. The van der Waals surface area contributed by atoms with E-state index in [1.807, 2.05) is 0 Å². The number of hydrogen-bond donors (Lipinski definition) is 0. The van der Waals surface area contributed by atoms with Crippen LogP contribution in [0.15, 0.2) is 0 Å². The van der Waals surface area contributed by atoms with E-state index in [0.717, 1.165) is 69.6 Å². The van der Waals surface area contributed by atoms with Crippen LogP contribution in [-0.4, -0.2) is 37.2 Å². The van der Waals surface area contributed by atoms with Crippen LogP contribution in [0.3, 0.4) is 0 Å². The molecule has 0 aliphatic carbocycles. The lowest BCUT2D eigenvalue weighted by molar-refractivity contribution is -0.167. The smallest absolute Gasteiger partial charge is 0.306 e. The highest BCUT2D eigenvalue weighted by Crippen LogP contribution is 2.18. The van der Waals surface area contributed by atoms with Crippen molar-refractivity contribution in [1.29, 1.82) is 0 Å². The van der Waals surface area contributed by atoms with Gasteiger partial charge in [-0.2, -0.15) is 0 Å². The Labute approximate surface area is 380 Å². The van der Waals surface area contributed by atoms with Crippen LogP contribution in [0.4, 0.5) is 0 Å². The zero-order valence-corrected chi connectivity index (χ0v) is 41.8. The Balaban J connectivity index is 4.19. The monoisotopic (exact) mass is 863 g/mol. The Morgan fingerprint density at radius 3 is 0.934 bits per heavy atom. The summed E-state index contributed by atoms with van der Waals surface area (Å²) in [5.74, 6) is 0.857. The second kappa shape index (κ2) is 47.9. The standard InChI is InChI=1S/C55H106O6/c1-6-8-9-10-11-12-24-30-35-40-45-53(56)59-48-52(49-60-54(57)46-41-36-31-27-26-28-33-38-43-50(3)4)61-55(58)47-42-37-32-25-22-20-18-16-14-13-15-17-19-21-23-29-34-39-44-51(5)7-2/h50-52H,6-49H2,1-5H3/t51?,52-/m0/s1. The van der Waals surface area contributed by atoms with E-state index in [1.165, 1.54) is 193 Å². The van der Waals surface area contributed by atoms with Gasteiger partial charge in [0.2, 0.25) is 0 Å². The number of carbonyl (C=O) groups is 3. The van der Waals surface area contributed by atoms with Crippen molar-refractivity contribution in [2.75, 3.05) is 13.2 Å². The number of ether oxygens (including phenoxy) is 3. The van der Waals surface area contributed by atoms with Gasteiger partial charge in [0.05, 0.1) is 0 Å². The topological polar surface area (TPSA) is 78.9 Å². The fourth-order valence-electron chi connectivity index (χ4n) is 8.31. The lowest BCUT2D eigenvalue weighted by atomic mass is 9.99. The fraction of sp³-hybridized carbons (Fsp3) is 0.945. The van der Waals surface area contributed by atoms with Crippen LogP contribution in [0, 0.1) is 11.8 Å². The highest BCUT2D eigenvalue weighted by atomic mass is 16.6. The Bertz CT molecular complexity index is 933. The number of unbranched alkanes of at least 4 members (excludes halogenated alkanes) is 33. The number of esters is 3. The second-order valence-electron chi connectivity index (χ2n) is 19.6. The normalized spacial score (nSPS) is 12.5. The summed E-state index contributed by atoms with van der Waals surface area (Å²) in [6.07, 6.45) is 49.5. The maximum atomic E-state index is 12.8. The summed E-state index contributed by atoms with van der Waals surface area (Å²) < 4.78 is 16.8. The van der Waals surface area contributed by atoms with Crippen molar-refractivity contribution in [2.24, 2.45) is 11.8 Å². The molecule has 0 radical (unpaired) electrons. The van der Waals surface area contributed by atoms with E-state index >= 15 is 0 Å². The molecular formula is C55H106O6. The first-order chi connectivity index (χ1) is 29.8. The van der Waals surface area contributed by atoms with Gasteiger partial charge in [0.25, 0.3) is 0 Å². The maximum absolute atomic E-state index is 12.8. The average Bonchev–Trinajstić information content (AvgIpc) is 3.24. The predicted molar refractivity (Wildman–Crippen MR) is 261 cm³/mol. The van der Waals surface area contributed by atoms with Crippen LogP contribution in [0.2, 0.25) is 0 Å². The number of hydrogen-bond acceptors (Lipinski definition) is 6. The minimum absolute atomic E-state index is 0.0639. The van der Waals surface area contributed by atoms with Gasteiger partial charge in [0, 0.05) is 19.3 Å². The summed E-state index contributed by atoms with van der Waals surface area (Å²) in [6.45, 7) is 11.4. The van der Waals surface area contributed by atoms with E-state index < -0.39 is 6.10 Å². The molecule has 6 nitrogen and oxygen atoms in total. The number of carbonyl (C=O) groups excluding carboxylic acids is 3. The molecule has 6 heteroatoms. The first-order valence-electron chi connectivity index (χ1n) is 27.3. The molecule has 0 aromatic heterocycles. The summed E-state index contributed by atoms with van der Waals surface area (Å²) >= 11 is 0. The first-order valence-corrected chi connectivity index (χ1v) is 27.3. The lowest BCUT2D eigenvalue weighted by Crippen LogP contribution is -2.30. The van der Waals surface area contributed by atoms with Gasteiger partial charge >= 0.3 is 17.9 Å². The molecule has 0 bridgehead atoms. The van der Waals surface area contributed by atoms with E-state index in [-0.39, 0.29) is 31.1 Å². The summed E-state index contributed by atoms with van der Waals surface area (Å²) in [4.78, 5) is 37.9. The SMILES string of the molecule is CCCCCCCCCCCCC(=O)OC[C@@H](COC(=O)CCCCCCCCCCC(C)C)OC(=O)CCCCCCCCCCCCCCCCCCCCC(C)CC. The third kappa shape index (κ3) is 47.7. The van der Waals surface area contributed by atoms with E-state index in [0.29, 0.717) is 19.3 Å². The molecular weight excluding hydrogens is 757 g/mol. The predicted octanol–water partition coefficient (Wildman–Crippen LogP) is 17.7. The lowest BCUT2D eigenvalue weighted by Gasteiger charge is -2.18. The van der Waals surface area contributed by atoms with E-state index in [9.17, 15) is 14.4 Å². The van der Waals surface area contributed by atoms with Crippen LogP contribution in [0.1, 0.15) is 304 Å². The molecule has 0 aromatic rings. The van der Waals surface area contributed by atoms with Crippen LogP contribution in [0.25, 0.3) is 0 Å². The van der Waals surface area contributed by atoms with Crippen molar-refractivity contribution in [2.45, 2.75) is 310 Å². The molecule has 0 aliphatic rings. The van der Waals surface area contributed by atoms with Gasteiger partial charge in [-0.1, -0.05) is 266 Å². The summed E-state index contributed by atoms with van der Waals surface area (Å²) in [5, 5.41) is 0. The van der Waals surface area contributed by atoms with Crippen LogP contribution in [0.5, 0.6) is 0 Å². The van der Waals surface area contributed by atoms with E-state index in [2.05, 4.69) is 34.6 Å². The Morgan fingerprint density at radius 2 is 0.623 bits per heavy atom. The molecule has 61 heavy (non-hydrogen) atoms. The zero-order chi connectivity index (χ0) is 44.7. The Hall–Kier alpha value is -1.59. The molecule has 0 saturated carbocycles. The van der Waals surface area contributed by atoms with Crippen LogP contribution < -0.4 is 0 Å². The third-order valence-corrected chi connectivity index (χ3v) is 12.8. The molecule has 0 saturated heterocycles. The highest BCUT2D eigenvalue weighted by molar-refractivity contribution is 5.71. The van der Waals surface area contributed by atoms with Crippen molar-refractivity contribution < 1.29 is 28.6 Å². The van der Waals surface area contributed by atoms with Crippen molar-refractivity contribution in [1.82, 2.24) is 0 Å². The van der Waals surface area contributed by atoms with Crippen molar-refractivity contribution in [3.8, 4) is 0 Å². The molecule has 2 atom stereocenters. The van der Waals surface area contributed by atoms with Gasteiger partial charge in [-0.3, -0.25) is 14.4 Å². The van der Waals surface area contributed by atoms with Gasteiger partial charge in [-0.25, -0.2) is 0 Å². The molecule has 0 spiro atoms. The molecule has 0 rings (SSSR count). The minimum Gasteiger partial charge on any atom is -0.462 e. The van der Waals surface area contributed by atoms with Gasteiger partial charge in [0.1, 0.15) is 13.2 Å².